The highest BCUT2D eigenvalue weighted by Gasteiger charge is 2.44. The maximum absolute atomic E-state index is 14.6. The van der Waals surface area contributed by atoms with E-state index in [9.17, 15) is 29.4 Å². The highest BCUT2D eigenvalue weighted by molar-refractivity contribution is 7.09. The Labute approximate surface area is 356 Å². The van der Waals surface area contributed by atoms with Gasteiger partial charge in [-0.1, -0.05) is 102 Å². The van der Waals surface area contributed by atoms with Crippen molar-refractivity contribution in [3.05, 3.63) is 106 Å². The Kier molecular flexibility index (Phi) is 15.4. The summed E-state index contributed by atoms with van der Waals surface area (Å²) in [5, 5.41) is 31.4. The number of rotatable bonds is 18. The van der Waals surface area contributed by atoms with Crippen LogP contribution in [0.25, 0.3) is 11.3 Å². The first-order valence-electron chi connectivity index (χ1n) is 20.0. The van der Waals surface area contributed by atoms with Crippen molar-refractivity contribution in [3.63, 3.8) is 0 Å². The summed E-state index contributed by atoms with van der Waals surface area (Å²) in [6, 6.07) is 19.5. The number of nitrogens with one attached hydrogen (secondary N) is 3. The van der Waals surface area contributed by atoms with Gasteiger partial charge >= 0.3 is 12.1 Å². The Balaban J connectivity index is 1.40. The number of carboxylic acid groups (broad SMARTS) is 1. The van der Waals surface area contributed by atoms with Gasteiger partial charge in [0, 0.05) is 50.4 Å². The molecule has 4 aromatic rings. The summed E-state index contributed by atoms with van der Waals surface area (Å²) in [6.07, 6.45) is -0.641. The van der Waals surface area contributed by atoms with Gasteiger partial charge in [0.15, 0.2) is 0 Å². The lowest BCUT2D eigenvalue weighted by Crippen LogP contribution is -2.61. The van der Waals surface area contributed by atoms with E-state index in [1.165, 1.54) is 16.3 Å². The molecule has 0 bridgehead atoms. The average Bonchev–Trinajstić information content (AvgIpc) is 3.78. The number of ether oxygens (including phenoxy) is 1. The van der Waals surface area contributed by atoms with E-state index >= 15 is 0 Å². The van der Waals surface area contributed by atoms with Crippen molar-refractivity contribution in [3.8, 4) is 11.3 Å². The van der Waals surface area contributed by atoms with Gasteiger partial charge in [-0.25, -0.2) is 19.6 Å². The Morgan fingerprint density at radius 3 is 2.22 bits per heavy atom. The number of benzene rings is 2. The molecule has 16 heteroatoms. The fourth-order valence-electron chi connectivity index (χ4n) is 7.27. The summed E-state index contributed by atoms with van der Waals surface area (Å²) in [4.78, 5) is 66.4. The van der Waals surface area contributed by atoms with Gasteiger partial charge in [0.2, 0.25) is 5.91 Å². The number of urea groups is 1. The maximum atomic E-state index is 14.6. The van der Waals surface area contributed by atoms with Crippen LogP contribution < -0.4 is 16.1 Å². The second-order valence-electron chi connectivity index (χ2n) is 17.2. The number of aliphatic hydroxyl groups is 1. The Hall–Kier alpha value is -5.42. The summed E-state index contributed by atoms with van der Waals surface area (Å²) in [6.45, 7) is 12.4. The molecule has 1 saturated heterocycles. The monoisotopic (exact) mass is 842 g/mol. The van der Waals surface area contributed by atoms with Crippen molar-refractivity contribution in [2.75, 3.05) is 26.7 Å². The molecule has 3 heterocycles. The van der Waals surface area contributed by atoms with Crippen LogP contribution in [0.1, 0.15) is 63.4 Å². The summed E-state index contributed by atoms with van der Waals surface area (Å²) < 4.78 is 5.20. The number of aromatic nitrogens is 2. The van der Waals surface area contributed by atoms with Gasteiger partial charge in [0.1, 0.15) is 17.1 Å². The molecule has 5 rings (SSSR count). The predicted molar refractivity (Wildman–Crippen MR) is 229 cm³/mol. The van der Waals surface area contributed by atoms with E-state index in [0.717, 1.165) is 33.1 Å². The zero-order valence-corrected chi connectivity index (χ0v) is 36.2. The zero-order chi connectivity index (χ0) is 43.6. The van der Waals surface area contributed by atoms with E-state index in [4.69, 9.17) is 4.74 Å². The van der Waals surface area contributed by atoms with Crippen molar-refractivity contribution in [1.29, 1.82) is 0 Å². The Morgan fingerprint density at radius 1 is 0.900 bits per heavy atom. The SMILES string of the molecule is COCc1nc(CN2CCN([C@H](C(=O)N[C@@H](Cc3ccccc3)[C@@H](O)CN(Cc3ccc(-c4ccccn4)cc3)NC(=O)[C@@H](NC(=O)O)C(C)(C)C)C(C)(C)C)C2=O)cs1. The molecule has 60 heavy (non-hydrogen) atoms. The summed E-state index contributed by atoms with van der Waals surface area (Å²) in [5.41, 5.74) is 5.48. The van der Waals surface area contributed by atoms with Gasteiger partial charge in [-0.3, -0.25) is 20.0 Å². The molecule has 5 N–H and O–H groups in total. The number of hydrogen-bond acceptors (Lipinski definition) is 10. The van der Waals surface area contributed by atoms with Crippen LogP contribution in [0.3, 0.4) is 0 Å². The molecule has 1 aliphatic rings. The number of hydrazine groups is 1. The Morgan fingerprint density at radius 2 is 1.60 bits per heavy atom. The minimum Gasteiger partial charge on any atom is -0.465 e. The molecule has 2 aromatic heterocycles. The molecule has 0 saturated carbocycles. The predicted octanol–water partition coefficient (Wildman–Crippen LogP) is 5.31. The highest BCUT2D eigenvalue weighted by Crippen LogP contribution is 2.29. The zero-order valence-electron chi connectivity index (χ0n) is 35.4. The fraction of sp³-hybridized carbons (Fsp3) is 0.455. The van der Waals surface area contributed by atoms with Crippen LogP contribution in [0.4, 0.5) is 9.59 Å². The quantitative estimate of drug-likeness (QED) is 0.0822. The van der Waals surface area contributed by atoms with Crippen molar-refractivity contribution in [2.45, 2.75) is 91.9 Å². The molecular formula is C44H58N8O7S. The molecule has 0 spiro atoms. The van der Waals surface area contributed by atoms with Crippen molar-refractivity contribution in [1.82, 2.24) is 40.8 Å². The average molecular weight is 843 g/mol. The van der Waals surface area contributed by atoms with E-state index in [0.29, 0.717) is 26.2 Å². The smallest absolute Gasteiger partial charge is 0.405 e. The van der Waals surface area contributed by atoms with Crippen LogP contribution in [-0.2, 0) is 40.4 Å². The number of methoxy groups -OCH3 is 1. The maximum Gasteiger partial charge on any atom is 0.405 e. The number of hydrogen-bond donors (Lipinski definition) is 5. The normalized spacial score (nSPS) is 15.4. The third kappa shape index (κ3) is 12.5. The molecule has 15 nitrogen and oxygen atoms in total. The fourth-order valence-corrected chi connectivity index (χ4v) is 8.02. The first-order valence-corrected chi connectivity index (χ1v) is 20.9. The van der Waals surface area contributed by atoms with Crippen LogP contribution in [0.15, 0.2) is 84.4 Å². The Bertz CT molecular complexity index is 2040. The second-order valence-corrected chi connectivity index (χ2v) is 18.2. The molecule has 0 radical (unpaired) electrons. The molecule has 4 atom stereocenters. The molecule has 322 valence electrons. The lowest BCUT2D eigenvalue weighted by Gasteiger charge is -2.38. The van der Waals surface area contributed by atoms with E-state index in [2.05, 4.69) is 26.0 Å². The molecule has 5 amide bonds. The minimum absolute atomic E-state index is 0.135. The molecule has 1 aliphatic heterocycles. The van der Waals surface area contributed by atoms with Crippen molar-refractivity contribution >= 4 is 35.3 Å². The van der Waals surface area contributed by atoms with Crippen LogP contribution in [0.5, 0.6) is 0 Å². The van der Waals surface area contributed by atoms with Crippen LogP contribution in [-0.4, -0.2) is 110 Å². The van der Waals surface area contributed by atoms with Crippen LogP contribution in [0, 0.1) is 10.8 Å². The first kappa shape index (κ1) is 45.7. The van der Waals surface area contributed by atoms with Gasteiger partial charge in [0.25, 0.3) is 5.91 Å². The van der Waals surface area contributed by atoms with Crippen LogP contribution in [0.2, 0.25) is 0 Å². The van der Waals surface area contributed by atoms with Crippen molar-refractivity contribution < 1.29 is 34.1 Å². The highest BCUT2D eigenvalue weighted by atomic mass is 32.1. The van der Waals surface area contributed by atoms with E-state index in [1.54, 1.807) is 43.9 Å². The van der Waals surface area contributed by atoms with Gasteiger partial charge in [-0.2, -0.15) is 0 Å². The number of amides is 5. The summed E-state index contributed by atoms with van der Waals surface area (Å²) in [7, 11) is 1.60. The summed E-state index contributed by atoms with van der Waals surface area (Å²) in [5.74, 6) is -1.03. The topological polar surface area (TPSA) is 190 Å². The summed E-state index contributed by atoms with van der Waals surface area (Å²) >= 11 is 1.47. The second kappa shape index (κ2) is 20.2. The molecule has 2 aromatic carbocycles. The van der Waals surface area contributed by atoms with E-state index < -0.39 is 53.0 Å². The number of thiazole rings is 1. The van der Waals surface area contributed by atoms with Gasteiger partial charge in [0.05, 0.1) is 36.7 Å². The number of carbonyl (C=O) groups is 4. The van der Waals surface area contributed by atoms with Crippen LogP contribution >= 0.6 is 11.3 Å². The third-order valence-corrected chi connectivity index (χ3v) is 11.0. The van der Waals surface area contributed by atoms with E-state index in [1.807, 2.05) is 98.9 Å². The number of nitrogens with zero attached hydrogens (tertiary/aromatic N) is 5. The number of pyridine rings is 1. The van der Waals surface area contributed by atoms with Gasteiger partial charge in [-0.05, 0) is 40.5 Å². The third-order valence-electron chi connectivity index (χ3n) is 10.2. The molecular weight excluding hydrogens is 785 g/mol. The first-order chi connectivity index (χ1) is 28.4. The van der Waals surface area contributed by atoms with Crippen molar-refractivity contribution in [2.24, 2.45) is 10.8 Å². The largest absolute Gasteiger partial charge is 0.465 e. The van der Waals surface area contributed by atoms with Gasteiger partial charge in [-0.15, -0.1) is 11.3 Å². The minimum atomic E-state index is -1.35. The molecule has 0 aliphatic carbocycles. The molecule has 0 unspecified atom stereocenters. The number of carbonyl (C=O) groups excluding carboxylic acids is 3. The standard InChI is InChI=1S/C44H58N8O7S/c1-43(2,3)37(48-41(56)57)39(54)49-51(24-30-16-18-31(19-17-30)33-15-11-12-20-45-33)26-35(53)34(23-29-13-9-8-10-14-29)47-40(55)38(44(4,5)6)52-22-21-50(42(52)58)25-32-28-60-36(46-32)27-59-7/h8-20,28,34-35,37-38,48,53H,21-27H2,1-7H3,(H,47,55)(H,49,54)(H,56,57)/t34-,35-,37+,38+/m0/s1. The molecule has 1 fully saturated rings. The van der Waals surface area contributed by atoms with E-state index in [-0.39, 0.29) is 25.5 Å². The number of aliphatic hydroxyl groups excluding tert-OH is 1. The van der Waals surface area contributed by atoms with Gasteiger partial charge < -0.3 is 35.4 Å². The lowest BCUT2D eigenvalue weighted by molar-refractivity contribution is -0.133. The lowest BCUT2D eigenvalue weighted by atomic mass is 9.84.